The molecular formula is C13H14BrNO. The van der Waals surface area contributed by atoms with Crippen LogP contribution < -0.4 is 5.32 Å². The fourth-order valence-corrected chi connectivity index (χ4v) is 1.85. The van der Waals surface area contributed by atoms with Crippen molar-refractivity contribution in [2.75, 3.05) is 5.32 Å². The lowest BCUT2D eigenvalue weighted by atomic mass is 10.2. The monoisotopic (exact) mass is 279 g/mol. The Balaban J connectivity index is 2.02. The highest BCUT2D eigenvalue weighted by molar-refractivity contribution is 9.10. The molecule has 0 saturated heterocycles. The molecule has 0 spiro atoms. The molecule has 1 aromatic heterocycles. The Morgan fingerprint density at radius 3 is 2.62 bits per heavy atom. The molecule has 1 N–H and O–H groups in total. The lowest BCUT2D eigenvalue weighted by Gasteiger charge is -2.06. The predicted octanol–water partition coefficient (Wildman–Crippen LogP) is 4.27. The summed E-state index contributed by atoms with van der Waals surface area (Å²) in [6.07, 6.45) is 0. The third-order valence-corrected chi connectivity index (χ3v) is 3.29. The molecule has 0 aliphatic heterocycles. The number of furan rings is 1. The van der Waals surface area contributed by atoms with E-state index in [2.05, 4.69) is 46.4 Å². The first kappa shape index (κ1) is 11.3. The minimum atomic E-state index is 0.712. The molecule has 1 heterocycles. The Hall–Kier alpha value is -1.22. The van der Waals surface area contributed by atoms with Crippen molar-refractivity contribution >= 4 is 21.6 Å². The van der Waals surface area contributed by atoms with Gasteiger partial charge in [-0.3, -0.25) is 0 Å². The molecule has 84 valence electrons. The van der Waals surface area contributed by atoms with Crippen molar-refractivity contribution in [3.05, 3.63) is 51.9 Å². The molecular weight excluding hydrogens is 266 g/mol. The lowest BCUT2D eigenvalue weighted by molar-refractivity contribution is 0.490. The van der Waals surface area contributed by atoms with Crippen LogP contribution in [0.25, 0.3) is 0 Å². The van der Waals surface area contributed by atoms with Gasteiger partial charge in [-0.2, -0.15) is 0 Å². The number of hydrogen-bond donors (Lipinski definition) is 1. The molecule has 0 aliphatic rings. The van der Waals surface area contributed by atoms with Crippen molar-refractivity contribution in [2.24, 2.45) is 0 Å². The van der Waals surface area contributed by atoms with Gasteiger partial charge in [0.15, 0.2) is 0 Å². The summed E-state index contributed by atoms with van der Waals surface area (Å²) in [4.78, 5) is 0. The van der Waals surface area contributed by atoms with E-state index in [0.29, 0.717) is 6.54 Å². The fraction of sp³-hybridized carbons (Fsp3) is 0.231. The summed E-state index contributed by atoms with van der Waals surface area (Å²) >= 11 is 3.51. The first-order valence-corrected chi connectivity index (χ1v) is 6.00. The second-order valence-corrected chi connectivity index (χ2v) is 4.68. The van der Waals surface area contributed by atoms with E-state index in [0.717, 1.165) is 21.7 Å². The predicted molar refractivity (Wildman–Crippen MR) is 69.7 cm³/mol. The summed E-state index contributed by atoms with van der Waals surface area (Å²) in [5.41, 5.74) is 2.32. The molecule has 0 radical (unpaired) electrons. The number of halogens is 1. The van der Waals surface area contributed by atoms with E-state index in [-0.39, 0.29) is 0 Å². The molecule has 0 bridgehead atoms. The zero-order valence-corrected chi connectivity index (χ0v) is 11.0. The van der Waals surface area contributed by atoms with Crippen molar-refractivity contribution in [3.8, 4) is 0 Å². The molecule has 16 heavy (non-hydrogen) atoms. The van der Waals surface area contributed by atoms with Crippen molar-refractivity contribution in [1.82, 2.24) is 0 Å². The number of anilines is 1. The van der Waals surface area contributed by atoms with Gasteiger partial charge in [0, 0.05) is 10.2 Å². The van der Waals surface area contributed by atoms with Gasteiger partial charge in [0.2, 0.25) is 0 Å². The summed E-state index contributed by atoms with van der Waals surface area (Å²) in [6.45, 7) is 4.74. The van der Waals surface area contributed by atoms with E-state index >= 15 is 0 Å². The van der Waals surface area contributed by atoms with Gasteiger partial charge in [-0.1, -0.05) is 22.0 Å². The standard InChI is InChI=1S/C13H14BrNO/c1-9-3-5-11(7-13(9)14)15-8-12-6-4-10(2)16-12/h3-7,15H,8H2,1-2H3. The summed E-state index contributed by atoms with van der Waals surface area (Å²) in [5.74, 6) is 1.90. The van der Waals surface area contributed by atoms with Gasteiger partial charge in [-0.05, 0) is 43.7 Å². The highest BCUT2D eigenvalue weighted by Crippen LogP contribution is 2.21. The van der Waals surface area contributed by atoms with E-state index in [1.54, 1.807) is 0 Å². The van der Waals surface area contributed by atoms with E-state index in [1.165, 1.54) is 5.56 Å². The van der Waals surface area contributed by atoms with Gasteiger partial charge < -0.3 is 9.73 Å². The molecule has 2 aromatic rings. The van der Waals surface area contributed by atoms with E-state index < -0.39 is 0 Å². The van der Waals surface area contributed by atoms with Crippen LogP contribution in [0.5, 0.6) is 0 Å². The highest BCUT2D eigenvalue weighted by Gasteiger charge is 2.00. The Morgan fingerprint density at radius 1 is 1.19 bits per heavy atom. The fourth-order valence-electron chi connectivity index (χ4n) is 1.47. The Labute approximate surface area is 104 Å². The Morgan fingerprint density at radius 2 is 2.00 bits per heavy atom. The first-order chi connectivity index (χ1) is 7.65. The number of rotatable bonds is 3. The van der Waals surface area contributed by atoms with Crippen LogP contribution in [0.15, 0.2) is 39.2 Å². The lowest BCUT2D eigenvalue weighted by Crippen LogP contribution is -1.98. The topological polar surface area (TPSA) is 25.2 Å². The second kappa shape index (κ2) is 4.74. The van der Waals surface area contributed by atoms with Gasteiger partial charge >= 0.3 is 0 Å². The molecule has 1 aromatic carbocycles. The van der Waals surface area contributed by atoms with Crippen molar-refractivity contribution in [3.63, 3.8) is 0 Å². The number of nitrogens with one attached hydrogen (secondary N) is 1. The quantitative estimate of drug-likeness (QED) is 0.908. The Bertz CT molecular complexity index is 490. The van der Waals surface area contributed by atoms with Crippen molar-refractivity contribution < 1.29 is 4.42 Å². The molecule has 0 aliphatic carbocycles. The maximum absolute atomic E-state index is 5.48. The molecule has 0 saturated carbocycles. The van der Waals surface area contributed by atoms with Crippen molar-refractivity contribution in [1.29, 1.82) is 0 Å². The third-order valence-electron chi connectivity index (χ3n) is 2.43. The minimum absolute atomic E-state index is 0.712. The van der Waals surface area contributed by atoms with Crippen LogP contribution in [0.4, 0.5) is 5.69 Å². The SMILES string of the molecule is Cc1ccc(CNc2ccc(C)c(Br)c2)o1. The maximum atomic E-state index is 5.48. The molecule has 2 nitrogen and oxygen atoms in total. The third kappa shape index (κ3) is 2.67. The smallest absolute Gasteiger partial charge is 0.123 e. The summed E-state index contributed by atoms with van der Waals surface area (Å²) in [5, 5.41) is 3.32. The van der Waals surface area contributed by atoms with Crippen LogP contribution in [0.1, 0.15) is 17.1 Å². The average molecular weight is 280 g/mol. The number of aryl methyl sites for hydroxylation is 2. The summed E-state index contributed by atoms with van der Waals surface area (Å²) < 4.78 is 6.60. The first-order valence-electron chi connectivity index (χ1n) is 5.20. The number of benzene rings is 1. The number of hydrogen-bond acceptors (Lipinski definition) is 2. The van der Waals surface area contributed by atoms with Crippen LogP contribution in [-0.2, 0) is 6.54 Å². The van der Waals surface area contributed by atoms with Crippen molar-refractivity contribution in [2.45, 2.75) is 20.4 Å². The second-order valence-electron chi connectivity index (χ2n) is 3.83. The highest BCUT2D eigenvalue weighted by atomic mass is 79.9. The van der Waals surface area contributed by atoms with E-state index in [1.807, 2.05) is 19.1 Å². The van der Waals surface area contributed by atoms with Gasteiger partial charge in [-0.15, -0.1) is 0 Å². The van der Waals surface area contributed by atoms with Crippen LogP contribution >= 0.6 is 15.9 Å². The van der Waals surface area contributed by atoms with Gasteiger partial charge in [0.1, 0.15) is 11.5 Å². The average Bonchev–Trinajstić information content (AvgIpc) is 2.66. The van der Waals surface area contributed by atoms with Gasteiger partial charge in [0.25, 0.3) is 0 Å². The van der Waals surface area contributed by atoms with Gasteiger partial charge in [-0.25, -0.2) is 0 Å². The summed E-state index contributed by atoms with van der Waals surface area (Å²) in [7, 11) is 0. The zero-order valence-electron chi connectivity index (χ0n) is 9.38. The Kier molecular flexibility index (Phi) is 3.34. The molecule has 0 amide bonds. The van der Waals surface area contributed by atoms with Crippen LogP contribution in [-0.4, -0.2) is 0 Å². The largest absolute Gasteiger partial charge is 0.465 e. The molecule has 0 fully saturated rings. The molecule has 2 rings (SSSR count). The van der Waals surface area contributed by atoms with Gasteiger partial charge in [0.05, 0.1) is 6.54 Å². The molecule has 0 unspecified atom stereocenters. The van der Waals surface area contributed by atoms with E-state index in [9.17, 15) is 0 Å². The van der Waals surface area contributed by atoms with Crippen LogP contribution in [0, 0.1) is 13.8 Å². The molecule has 0 atom stereocenters. The zero-order chi connectivity index (χ0) is 11.5. The summed E-state index contributed by atoms with van der Waals surface area (Å²) in [6, 6.07) is 10.2. The van der Waals surface area contributed by atoms with Crippen LogP contribution in [0.3, 0.4) is 0 Å². The normalized spacial score (nSPS) is 10.4. The molecule has 3 heteroatoms. The maximum Gasteiger partial charge on any atom is 0.123 e. The minimum Gasteiger partial charge on any atom is -0.465 e. The van der Waals surface area contributed by atoms with E-state index in [4.69, 9.17) is 4.42 Å². The van der Waals surface area contributed by atoms with Crippen LogP contribution in [0.2, 0.25) is 0 Å².